The van der Waals surface area contributed by atoms with E-state index in [0.29, 0.717) is 34.2 Å². The molecule has 0 unspecified atom stereocenters. The number of rotatable bonds is 6. The SMILES string of the molecule is COc1ccccc1NC(=O)Nc1ccccc1OCc1cc(=O)n2ccccc2n1. The largest absolute Gasteiger partial charge is 0.495 e. The standard InChI is InChI=1S/C23H20N4O4/c1-30-19-10-4-2-8-17(19)25-23(29)26-18-9-3-5-11-20(18)31-15-16-14-22(28)27-13-7-6-12-21(27)24-16/h2-14H,15H2,1H3,(H2,25,26,29). The van der Waals surface area contributed by atoms with Gasteiger partial charge in [0.2, 0.25) is 0 Å². The molecule has 0 fully saturated rings. The summed E-state index contributed by atoms with van der Waals surface area (Å²) in [5, 5.41) is 5.52. The Morgan fingerprint density at radius 1 is 0.935 bits per heavy atom. The van der Waals surface area contributed by atoms with Gasteiger partial charge in [0.05, 0.1) is 24.2 Å². The number of carbonyl (C=O) groups excluding carboxylic acids is 1. The van der Waals surface area contributed by atoms with Gasteiger partial charge in [0, 0.05) is 12.3 Å². The number of anilines is 2. The lowest BCUT2D eigenvalue weighted by atomic mass is 10.3. The lowest BCUT2D eigenvalue weighted by Gasteiger charge is -2.14. The van der Waals surface area contributed by atoms with Crippen LogP contribution in [0.1, 0.15) is 5.69 Å². The fourth-order valence-electron chi connectivity index (χ4n) is 3.05. The van der Waals surface area contributed by atoms with Crippen molar-refractivity contribution in [2.75, 3.05) is 17.7 Å². The molecule has 0 saturated carbocycles. The third kappa shape index (κ3) is 4.64. The van der Waals surface area contributed by atoms with Crippen molar-refractivity contribution in [3.8, 4) is 11.5 Å². The Labute approximate surface area is 178 Å². The first-order valence-corrected chi connectivity index (χ1v) is 9.54. The van der Waals surface area contributed by atoms with E-state index >= 15 is 0 Å². The van der Waals surface area contributed by atoms with Crippen molar-refractivity contribution < 1.29 is 14.3 Å². The first-order valence-electron chi connectivity index (χ1n) is 9.54. The van der Waals surface area contributed by atoms with Crippen LogP contribution >= 0.6 is 0 Å². The van der Waals surface area contributed by atoms with Gasteiger partial charge in [-0.3, -0.25) is 9.20 Å². The minimum Gasteiger partial charge on any atom is -0.495 e. The van der Waals surface area contributed by atoms with Gasteiger partial charge in [-0.2, -0.15) is 0 Å². The summed E-state index contributed by atoms with van der Waals surface area (Å²) in [6, 6.07) is 20.5. The second-order valence-electron chi connectivity index (χ2n) is 6.58. The van der Waals surface area contributed by atoms with Crippen LogP contribution in [-0.4, -0.2) is 22.5 Å². The van der Waals surface area contributed by atoms with Crippen LogP contribution in [0, 0.1) is 0 Å². The van der Waals surface area contributed by atoms with E-state index in [9.17, 15) is 9.59 Å². The van der Waals surface area contributed by atoms with E-state index < -0.39 is 6.03 Å². The van der Waals surface area contributed by atoms with Gasteiger partial charge in [-0.1, -0.05) is 30.3 Å². The number of aromatic nitrogens is 2. The van der Waals surface area contributed by atoms with E-state index in [-0.39, 0.29) is 12.2 Å². The molecule has 2 heterocycles. The van der Waals surface area contributed by atoms with Gasteiger partial charge in [0.1, 0.15) is 23.8 Å². The Bertz CT molecular complexity index is 1290. The highest BCUT2D eigenvalue weighted by molar-refractivity contribution is 6.01. The minimum atomic E-state index is -0.442. The smallest absolute Gasteiger partial charge is 0.323 e. The molecule has 2 amide bonds. The zero-order chi connectivity index (χ0) is 21.6. The van der Waals surface area contributed by atoms with E-state index in [4.69, 9.17) is 9.47 Å². The van der Waals surface area contributed by atoms with Crippen LogP contribution in [0.3, 0.4) is 0 Å². The highest BCUT2D eigenvalue weighted by Crippen LogP contribution is 2.26. The molecule has 0 aliphatic carbocycles. The topological polar surface area (TPSA) is 94.0 Å². The molecular formula is C23H20N4O4. The summed E-state index contributed by atoms with van der Waals surface area (Å²) in [6.07, 6.45) is 1.66. The van der Waals surface area contributed by atoms with Crippen molar-refractivity contribution in [1.82, 2.24) is 9.38 Å². The summed E-state index contributed by atoms with van der Waals surface area (Å²) in [4.78, 5) is 29.2. The number of hydrogen-bond acceptors (Lipinski definition) is 5. The van der Waals surface area contributed by atoms with Crippen LogP contribution in [0.25, 0.3) is 5.65 Å². The predicted molar refractivity (Wildman–Crippen MR) is 118 cm³/mol. The van der Waals surface area contributed by atoms with E-state index in [1.54, 1.807) is 60.8 Å². The third-order valence-electron chi connectivity index (χ3n) is 4.49. The number of para-hydroxylation sites is 4. The molecular weight excluding hydrogens is 396 g/mol. The van der Waals surface area contributed by atoms with Crippen molar-refractivity contribution in [2.24, 2.45) is 0 Å². The minimum absolute atomic E-state index is 0.0768. The number of urea groups is 1. The maximum Gasteiger partial charge on any atom is 0.323 e. The molecule has 2 N–H and O–H groups in total. The number of amides is 2. The number of methoxy groups -OCH3 is 1. The highest BCUT2D eigenvalue weighted by atomic mass is 16.5. The van der Waals surface area contributed by atoms with Crippen molar-refractivity contribution in [1.29, 1.82) is 0 Å². The Morgan fingerprint density at radius 3 is 2.32 bits per heavy atom. The van der Waals surface area contributed by atoms with E-state index in [1.807, 2.05) is 12.1 Å². The number of nitrogens with one attached hydrogen (secondary N) is 2. The number of pyridine rings is 1. The average Bonchev–Trinajstić information content (AvgIpc) is 2.79. The number of hydrogen-bond donors (Lipinski definition) is 2. The molecule has 0 aliphatic heterocycles. The lowest BCUT2D eigenvalue weighted by molar-refractivity contribution is 0.261. The number of fused-ring (bicyclic) bond motifs is 1. The van der Waals surface area contributed by atoms with Crippen LogP contribution in [0.15, 0.2) is 83.8 Å². The molecule has 156 valence electrons. The molecule has 2 aromatic carbocycles. The quantitative estimate of drug-likeness (QED) is 0.497. The third-order valence-corrected chi connectivity index (χ3v) is 4.49. The maximum atomic E-state index is 12.5. The van der Waals surface area contributed by atoms with E-state index in [1.165, 1.54) is 17.6 Å². The van der Waals surface area contributed by atoms with Crippen LogP contribution < -0.4 is 25.7 Å². The molecule has 0 saturated heterocycles. The highest BCUT2D eigenvalue weighted by Gasteiger charge is 2.11. The van der Waals surface area contributed by atoms with Gasteiger partial charge in [-0.15, -0.1) is 0 Å². The Balaban J connectivity index is 1.47. The van der Waals surface area contributed by atoms with Crippen LogP contribution in [0.4, 0.5) is 16.2 Å². The molecule has 0 aliphatic rings. The van der Waals surface area contributed by atoms with Gasteiger partial charge in [0.25, 0.3) is 5.56 Å². The summed E-state index contributed by atoms with van der Waals surface area (Å²) < 4.78 is 12.6. The summed E-state index contributed by atoms with van der Waals surface area (Å²) in [6.45, 7) is 0.0768. The monoisotopic (exact) mass is 416 g/mol. The molecule has 4 rings (SSSR count). The molecule has 0 spiro atoms. The molecule has 0 bridgehead atoms. The molecule has 4 aromatic rings. The van der Waals surface area contributed by atoms with Gasteiger partial charge in [-0.25, -0.2) is 9.78 Å². The number of ether oxygens (including phenoxy) is 2. The Kier molecular flexibility index (Phi) is 5.79. The van der Waals surface area contributed by atoms with Gasteiger partial charge in [0.15, 0.2) is 0 Å². The van der Waals surface area contributed by atoms with E-state index in [0.717, 1.165) is 0 Å². The number of nitrogens with zero attached hydrogens (tertiary/aromatic N) is 2. The zero-order valence-electron chi connectivity index (χ0n) is 16.7. The molecule has 8 nitrogen and oxygen atoms in total. The van der Waals surface area contributed by atoms with Crippen LogP contribution in [0.5, 0.6) is 11.5 Å². The maximum absolute atomic E-state index is 12.5. The second kappa shape index (κ2) is 9.00. The van der Waals surface area contributed by atoms with Crippen molar-refractivity contribution in [3.05, 3.63) is 95.0 Å². The summed E-state index contributed by atoms with van der Waals surface area (Å²) >= 11 is 0. The normalized spacial score (nSPS) is 10.5. The lowest BCUT2D eigenvalue weighted by Crippen LogP contribution is -2.20. The number of benzene rings is 2. The predicted octanol–water partition coefficient (Wildman–Crippen LogP) is 3.93. The molecule has 0 radical (unpaired) electrons. The van der Waals surface area contributed by atoms with E-state index in [2.05, 4.69) is 15.6 Å². The number of carbonyl (C=O) groups is 1. The fraction of sp³-hybridized carbons (Fsp3) is 0.0870. The Morgan fingerprint density at radius 2 is 1.58 bits per heavy atom. The molecule has 8 heteroatoms. The zero-order valence-corrected chi connectivity index (χ0v) is 16.7. The molecule has 31 heavy (non-hydrogen) atoms. The first kappa shape index (κ1) is 20.0. The first-order chi connectivity index (χ1) is 15.1. The van der Waals surface area contributed by atoms with Crippen molar-refractivity contribution in [2.45, 2.75) is 6.61 Å². The summed E-state index contributed by atoms with van der Waals surface area (Å²) in [5.74, 6) is 1.00. The van der Waals surface area contributed by atoms with Gasteiger partial charge < -0.3 is 20.1 Å². The van der Waals surface area contributed by atoms with Crippen molar-refractivity contribution >= 4 is 23.1 Å². The second-order valence-corrected chi connectivity index (χ2v) is 6.58. The van der Waals surface area contributed by atoms with Crippen molar-refractivity contribution in [3.63, 3.8) is 0 Å². The van der Waals surface area contributed by atoms with Crippen LogP contribution in [-0.2, 0) is 6.61 Å². The fourth-order valence-corrected chi connectivity index (χ4v) is 3.05. The summed E-state index contributed by atoms with van der Waals surface area (Å²) in [7, 11) is 1.54. The average molecular weight is 416 g/mol. The molecule has 0 atom stereocenters. The van der Waals surface area contributed by atoms with Gasteiger partial charge in [-0.05, 0) is 36.4 Å². The Hall–Kier alpha value is -4.33. The summed E-state index contributed by atoms with van der Waals surface area (Å²) in [5.41, 5.74) is 1.86. The van der Waals surface area contributed by atoms with Crippen LogP contribution in [0.2, 0.25) is 0 Å². The molecule has 2 aromatic heterocycles. The van der Waals surface area contributed by atoms with Gasteiger partial charge >= 0.3 is 6.03 Å².